The second-order valence-corrected chi connectivity index (χ2v) is 4.19. The van der Waals surface area contributed by atoms with Gasteiger partial charge < -0.3 is 14.9 Å². The number of rotatable bonds is 5. The predicted octanol–water partition coefficient (Wildman–Crippen LogP) is 0.711. The Hall–Kier alpha value is -2.21. The largest absolute Gasteiger partial charge is 0.391 e. The Morgan fingerprint density at radius 3 is 2.79 bits per heavy atom. The SMILES string of the molecule is Cc1nc(C(=O)NCC(O)Cc2ccccc2)no1. The Morgan fingerprint density at radius 2 is 2.16 bits per heavy atom. The minimum Gasteiger partial charge on any atom is -0.391 e. The van der Waals surface area contributed by atoms with Gasteiger partial charge in [-0.2, -0.15) is 4.98 Å². The van der Waals surface area contributed by atoms with Crippen LogP contribution in [0.5, 0.6) is 0 Å². The van der Waals surface area contributed by atoms with Crippen molar-refractivity contribution in [1.29, 1.82) is 0 Å². The maximum absolute atomic E-state index is 11.6. The Labute approximate surface area is 110 Å². The number of amides is 1. The van der Waals surface area contributed by atoms with Gasteiger partial charge in [0.15, 0.2) is 0 Å². The number of benzene rings is 1. The molecule has 2 rings (SSSR count). The summed E-state index contributed by atoms with van der Waals surface area (Å²) in [7, 11) is 0. The number of carbonyl (C=O) groups excluding carboxylic acids is 1. The van der Waals surface area contributed by atoms with Crippen molar-refractivity contribution in [3.8, 4) is 0 Å². The molecule has 0 fully saturated rings. The number of aliphatic hydroxyl groups is 1. The third-order valence-corrected chi connectivity index (χ3v) is 2.54. The van der Waals surface area contributed by atoms with E-state index in [1.54, 1.807) is 6.92 Å². The van der Waals surface area contributed by atoms with Crippen molar-refractivity contribution >= 4 is 5.91 Å². The molecule has 1 heterocycles. The zero-order valence-electron chi connectivity index (χ0n) is 10.5. The summed E-state index contributed by atoms with van der Waals surface area (Å²) in [6, 6.07) is 9.57. The second kappa shape index (κ2) is 6.10. The lowest BCUT2D eigenvalue weighted by molar-refractivity contribution is 0.0902. The number of nitrogens with zero attached hydrogens (tertiary/aromatic N) is 2. The third-order valence-electron chi connectivity index (χ3n) is 2.54. The highest BCUT2D eigenvalue weighted by atomic mass is 16.5. The zero-order valence-corrected chi connectivity index (χ0v) is 10.5. The predicted molar refractivity (Wildman–Crippen MR) is 67.5 cm³/mol. The maximum Gasteiger partial charge on any atom is 0.292 e. The smallest absolute Gasteiger partial charge is 0.292 e. The van der Waals surface area contributed by atoms with Crippen LogP contribution in [0.2, 0.25) is 0 Å². The first-order valence-electron chi connectivity index (χ1n) is 5.95. The molecule has 6 nitrogen and oxygen atoms in total. The Kier molecular flexibility index (Phi) is 4.25. The van der Waals surface area contributed by atoms with Gasteiger partial charge in [-0.15, -0.1) is 0 Å². The number of carbonyl (C=O) groups is 1. The minimum atomic E-state index is -0.653. The van der Waals surface area contributed by atoms with Gasteiger partial charge >= 0.3 is 0 Å². The van der Waals surface area contributed by atoms with Crippen molar-refractivity contribution in [3.63, 3.8) is 0 Å². The van der Waals surface area contributed by atoms with Crippen LogP contribution in [0.3, 0.4) is 0 Å². The molecule has 0 saturated carbocycles. The van der Waals surface area contributed by atoms with Crippen molar-refractivity contribution in [2.75, 3.05) is 6.54 Å². The summed E-state index contributed by atoms with van der Waals surface area (Å²) in [6.07, 6.45) is -0.175. The number of hydrogen-bond acceptors (Lipinski definition) is 5. The van der Waals surface area contributed by atoms with Gasteiger partial charge in [0, 0.05) is 19.9 Å². The van der Waals surface area contributed by atoms with Gasteiger partial charge in [0.2, 0.25) is 5.89 Å². The summed E-state index contributed by atoms with van der Waals surface area (Å²) in [5.74, 6) is -0.150. The van der Waals surface area contributed by atoms with Crippen molar-refractivity contribution < 1.29 is 14.4 Å². The average Bonchev–Trinajstić information content (AvgIpc) is 2.84. The van der Waals surface area contributed by atoms with E-state index in [0.717, 1.165) is 5.56 Å². The lowest BCUT2D eigenvalue weighted by Crippen LogP contribution is -2.33. The number of aryl methyl sites for hydroxylation is 1. The van der Waals surface area contributed by atoms with Crippen LogP contribution in [0.25, 0.3) is 0 Å². The van der Waals surface area contributed by atoms with Crippen LogP contribution < -0.4 is 5.32 Å². The highest BCUT2D eigenvalue weighted by Gasteiger charge is 2.14. The van der Waals surface area contributed by atoms with E-state index in [9.17, 15) is 9.90 Å². The zero-order chi connectivity index (χ0) is 13.7. The molecule has 0 radical (unpaired) electrons. The van der Waals surface area contributed by atoms with Crippen LogP contribution in [0, 0.1) is 6.92 Å². The lowest BCUT2D eigenvalue weighted by Gasteiger charge is -2.10. The topological polar surface area (TPSA) is 88.2 Å². The molecule has 0 aliphatic heterocycles. The summed E-state index contributed by atoms with van der Waals surface area (Å²) in [4.78, 5) is 15.4. The van der Waals surface area contributed by atoms with Gasteiger partial charge in [-0.1, -0.05) is 35.5 Å². The maximum atomic E-state index is 11.6. The summed E-state index contributed by atoms with van der Waals surface area (Å²) < 4.78 is 4.70. The molecule has 1 amide bonds. The minimum absolute atomic E-state index is 0.0237. The Morgan fingerprint density at radius 1 is 1.42 bits per heavy atom. The number of aliphatic hydroxyl groups excluding tert-OH is 1. The standard InChI is InChI=1S/C13H15N3O3/c1-9-15-12(16-19-9)13(18)14-8-11(17)7-10-5-3-2-4-6-10/h2-6,11,17H,7-8H2,1H3,(H,14,18). The normalized spacial score (nSPS) is 12.1. The molecule has 2 aromatic rings. The molecule has 0 spiro atoms. The first-order valence-corrected chi connectivity index (χ1v) is 5.95. The molecule has 1 atom stereocenters. The van der Waals surface area contributed by atoms with Crippen molar-refractivity contribution in [2.24, 2.45) is 0 Å². The van der Waals surface area contributed by atoms with Gasteiger partial charge in [-0.05, 0) is 5.56 Å². The summed E-state index contributed by atoms with van der Waals surface area (Å²) in [5, 5.41) is 15.9. The molecule has 1 aromatic heterocycles. The van der Waals surface area contributed by atoms with Crippen LogP contribution >= 0.6 is 0 Å². The van der Waals surface area contributed by atoms with E-state index in [1.165, 1.54) is 0 Å². The van der Waals surface area contributed by atoms with E-state index in [0.29, 0.717) is 12.3 Å². The van der Waals surface area contributed by atoms with Gasteiger partial charge in [0.05, 0.1) is 6.10 Å². The highest BCUT2D eigenvalue weighted by Crippen LogP contribution is 2.02. The first-order chi connectivity index (χ1) is 9.15. The Balaban J connectivity index is 1.80. The van der Waals surface area contributed by atoms with Gasteiger partial charge in [-0.3, -0.25) is 4.79 Å². The summed E-state index contributed by atoms with van der Waals surface area (Å²) in [6.45, 7) is 1.75. The van der Waals surface area contributed by atoms with Crippen LogP contribution in [0.4, 0.5) is 0 Å². The Bertz CT molecular complexity index is 539. The lowest BCUT2D eigenvalue weighted by atomic mass is 10.1. The number of nitrogens with one attached hydrogen (secondary N) is 1. The molecule has 0 aliphatic rings. The monoisotopic (exact) mass is 261 g/mol. The second-order valence-electron chi connectivity index (χ2n) is 4.19. The molecule has 6 heteroatoms. The number of aromatic nitrogens is 2. The fourth-order valence-electron chi connectivity index (χ4n) is 1.64. The van der Waals surface area contributed by atoms with E-state index >= 15 is 0 Å². The molecule has 0 aliphatic carbocycles. The van der Waals surface area contributed by atoms with E-state index in [-0.39, 0.29) is 12.4 Å². The molecule has 1 aromatic carbocycles. The molecule has 1 unspecified atom stereocenters. The summed E-state index contributed by atoms with van der Waals surface area (Å²) in [5.41, 5.74) is 1.01. The molecule has 0 bridgehead atoms. The van der Waals surface area contributed by atoms with Crippen LogP contribution in [-0.4, -0.2) is 33.8 Å². The molecule has 19 heavy (non-hydrogen) atoms. The van der Waals surface area contributed by atoms with Crippen LogP contribution in [-0.2, 0) is 6.42 Å². The highest BCUT2D eigenvalue weighted by molar-refractivity contribution is 5.90. The van der Waals surface area contributed by atoms with E-state index in [1.807, 2.05) is 30.3 Å². The first kappa shape index (κ1) is 13.2. The van der Waals surface area contributed by atoms with E-state index < -0.39 is 12.0 Å². The van der Waals surface area contributed by atoms with E-state index in [4.69, 9.17) is 4.52 Å². The quantitative estimate of drug-likeness (QED) is 0.827. The number of hydrogen-bond donors (Lipinski definition) is 2. The van der Waals surface area contributed by atoms with E-state index in [2.05, 4.69) is 15.5 Å². The molecular weight excluding hydrogens is 246 g/mol. The third kappa shape index (κ3) is 3.89. The van der Waals surface area contributed by atoms with Crippen molar-refractivity contribution in [1.82, 2.24) is 15.5 Å². The average molecular weight is 261 g/mol. The summed E-state index contributed by atoms with van der Waals surface area (Å²) >= 11 is 0. The fourth-order valence-corrected chi connectivity index (χ4v) is 1.64. The molecule has 2 N–H and O–H groups in total. The fraction of sp³-hybridized carbons (Fsp3) is 0.308. The van der Waals surface area contributed by atoms with Gasteiger partial charge in [-0.25, -0.2) is 0 Å². The van der Waals surface area contributed by atoms with Crippen molar-refractivity contribution in [2.45, 2.75) is 19.4 Å². The molecule has 0 saturated heterocycles. The van der Waals surface area contributed by atoms with Crippen LogP contribution in [0.15, 0.2) is 34.9 Å². The molecular formula is C13H15N3O3. The molecule has 100 valence electrons. The van der Waals surface area contributed by atoms with Crippen LogP contribution in [0.1, 0.15) is 22.1 Å². The van der Waals surface area contributed by atoms with Crippen molar-refractivity contribution in [3.05, 3.63) is 47.6 Å². The van der Waals surface area contributed by atoms with Gasteiger partial charge in [0.1, 0.15) is 0 Å². The van der Waals surface area contributed by atoms with Gasteiger partial charge in [0.25, 0.3) is 11.7 Å².